The second-order valence-corrected chi connectivity index (χ2v) is 4.93. The topological polar surface area (TPSA) is 47.6 Å². The highest BCUT2D eigenvalue weighted by Gasteiger charge is 2.08. The van der Waals surface area contributed by atoms with Crippen LogP contribution in [0.15, 0.2) is 72.8 Å². The molecule has 0 saturated heterocycles. The number of benzene rings is 3. The van der Waals surface area contributed by atoms with Crippen LogP contribution >= 0.6 is 0 Å². The van der Waals surface area contributed by atoms with Gasteiger partial charge in [0.05, 0.1) is 23.3 Å². The molecule has 0 radical (unpaired) electrons. The Morgan fingerprint density at radius 3 is 1.77 bits per heavy atom. The van der Waals surface area contributed by atoms with Crippen LogP contribution in [0.5, 0.6) is 0 Å². The van der Waals surface area contributed by atoms with Gasteiger partial charge in [0, 0.05) is 0 Å². The van der Waals surface area contributed by atoms with Crippen molar-refractivity contribution in [2.75, 3.05) is 0 Å². The Kier molecular flexibility index (Phi) is 3.69. The van der Waals surface area contributed by atoms with Crippen molar-refractivity contribution in [3.63, 3.8) is 0 Å². The van der Waals surface area contributed by atoms with Crippen molar-refractivity contribution in [1.29, 1.82) is 10.5 Å². The molecular weight excluding hydrogens is 268 g/mol. The molecule has 2 heteroatoms. The monoisotopic (exact) mass is 280 g/mol. The van der Waals surface area contributed by atoms with Crippen LogP contribution in [0.25, 0.3) is 22.3 Å². The van der Waals surface area contributed by atoms with Crippen LogP contribution in [0.3, 0.4) is 0 Å². The predicted octanol–water partition coefficient (Wildman–Crippen LogP) is 4.76. The van der Waals surface area contributed by atoms with Crippen LogP contribution in [0.2, 0.25) is 0 Å². The Morgan fingerprint density at radius 1 is 0.545 bits per heavy atom. The van der Waals surface area contributed by atoms with Crippen LogP contribution < -0.4 is 0 Å². The molecule has 0 amide bonds. The van der Waals surface area contributed by atoms with Crippen LogP contribution in [0.4, 0.5) is 0 Å². The fourth-order valence-electron chi connectivity index (χ4n) is 2.45. The quantitative estimate of drug-likeness (QED) is 0.679. The Hall–Kier alpha value is -3.36. The van der Waals surface area contributed by atoms with Crippen molar-refractivity contribution in [2.45, 2.75) is 0 Å². The van der Waals surface area contributed by atoms with E-state index < -0.39 is 0 Å². The number of hydrogen-bond acceptors (Lipinski definition) is 2. The van der Waals surface area contributed by atoms with Gasteiger partial charge in [0.25, 0.3) is 0 Å². The SMILES string of the molecule is N#Cc1ccc(-c2cc(C#N)ccc2-c2ccccc2)cc1. The Balaban J connectivity index is 2.20. The minimum Gasteiger partial charge on any atom is -0.192 e. The maximum absolute atomic E-state index is 9.16. The fourth-order valence-corrected chi connectivity index (χ4v) is 2.45. The summed E-state index contributed by atoms with van der Waals surface area (Å²) in [5.41, 5.74) is 5.42. The number of hydrogen-bond donors (Lipinski definition) is 0. The summed E-state index contributed by atoms with van der Waals surface area (Å²) < 4.78 is 0. The van der Waals surface area contributed by atoms with Crippen LogP contribution in [-0.4, -0.2) is 0 Å². The van der Waals surface area contributed by atoms with Gasteiger partial charge < -0.3 is 0 Å². The zero-order chi connectivity index (χ0) is 15.4. The first-order valence-corrected chi connectivity index (χ1v) is 6.92. The van der Waals surface area contributed by atoms with Gasteiger partial charge in [0.1, 0.15) is 0 Å². The molecule has 0 fully saturated rings. The molecule has 0 aromatic heterocycles. The molecule has 3 rings (SSSR count). The molecule has 0 unspecified atom stereocenters. The molecule has 0 aliphatic heterocycles. The van der Waals surface area contributed by atoms with Crippen molar-refractivity contribution in [3.8, 4) is 34.4 Å². The van der Waals surface area contributed by atoms with Crippen LogP contribution in [-0.2, 0) is 0 Å². The summed E-state index contributed by atoms with van der Waals surface area (Å²) in [7, 11) is 0. The van der Waals surface area contributed by atoms with Gasteiger partial charge in [-0.05, 0) is 46.5 Å². The van der Waals surface area contributed by atoms with Gasteiger partial charge in [-0.15, -0.1) is 0 Å². The van der Waals surface area contributed by atoms with Gasteiger partial charge >= 0.3 is 0 Å². The predicted molar refractivity (Wildman–Crippen MR) is 86.7 cm³/mol. The zero-order valence-corrected chi connectivity index (χ0v) is 11.8. The number of rotatable bonds is 2. The maximum atomic E-state index is 9.16. The summed E-state index contributed by atoms with van der Waals surface area (Å²) >= 11 is 0. The standard InChI is InChI=1S/C20H12N2/c21-13-15-6-9-18(10-7-15)20-12-16(14-22)8-11-19(20)17-4-2-1-3-5-17/h1-12H. The normalized spacial score (nSPS) is 9.73. The number of nitrogens with zero attached hydrogens (tertiary/aromatic N) is 2. The summed E-state index contributed by atoms with van der Waals surface area (Å²) in [5, 5.41) is 18.1. The average molecular weight is 280 g/mol. The van der Waals surface area contributed by atoms with Crippen molar-refractivity contribution >= 4 is 0 Å². The van der Waals surface area contributed by atoms with E-state index in [1.807, 2.05) is 48.5 Å². The lowest BCUT2D eigenvalue weighted by Gasteiger charge is -2.11. The molecule has 102 valence electrons. The molecule has 0 aliphatic rings. The summed E-state index contributed by atoms with van der Waals surface area (Å²) in [5.74, 6) is 0. The van der Waals surface area contributed by atoms with E-state index in [0.717, 1.165) is 22.3 Å². The lowest BCUT2D eigenvalue weighted by molar-refractivity contribution is 1.47. The lowest BCUT2D eigenvalue weighted by atomic mass is 9.92. The molecule has 2 nitrogen and oxygen atoms in total. The second kappa shape index (κ2) is 5.95. The van der Waals surface area contributed by atoms with Crippen molar-refractivity contribution in [1.82, 2.24) is 0 Å². The largest absolute Gasteiger partial charge is 0.192 e. The number of nitriles is 2. The van der Waals surface area contributed by atoms with Crippen molar-refractivity contribution in [3.05, 3.63) is 83.9 Å². The first kappa shape index (κ1) is 13.6. The summed E-state index contributed by atoms with van der Waals surface area (Å²) in [6.07, 6.45) is 0. The third kappa shape index (κ3) is 2.59. The van der Waals surface area contributed by atoms with Gasteiger partial charge in [0.2, 0.25) is 0 Å². The van der Waals surface area contributed by atoms with Gasteiger partial charge in [-0.1, -0.05) is 48.5 Å². The third-order valence-electron chi connectivity index (χ3n) is 3.56. The smallest absolute Gasteiger partial charge is 0.0991 e. The lowest BCUT2D eigenvalue weighted by Crippen LogP contribution is -1.87. The van der Waals surface area contributed by atoms with Gasteiger partial charge in [-0.3, -0.25) is 0 Å². The Bertz CT molecular complexity index is 880. The van der Waals surface area contributed by atoms with E-state index in [-0.39, 0.29) is 0 Å². The maximum Gasteiger partial charge on any atom is 0.0991 e. The molecular formula is C20H12N2. The average Bonchev–Trinajstić information content (AvgIpc) is 2.62. The van der Waals surface area contributed by atoms with E-state index in [0.29, 0.717) is 11.1 Å². The summed E-state index contributed by atoms with van der Waals surface area (Å²) in [6, 6.07) is 27.5. The van der Waals surface area contributed by atoms with Crippen molar-refractivity contribution in [2.24, 2.45) is 0 Å². The molecule has 0 heterocycles. The highest BCUT2D eigenvalue weighted by Crippen LogP contribution is 2.33. The second-order valence-electron chi connectivity index (χ2n) is 4.93. The van der Waals surface area contributed by atoms with Gasteiger partial charge in [-0.2, -0.15) is 10.5 Å². The van der Waals surface area contributed by atoms with Gasteiger partial charge in [-0.25, -0.2) is 0 Å². The minimum atomic E-state index is 0.624. The third-order valence-corrected chi connectivity index (χ3v) is 3.56. The first-order chi connectivity index (χ1) is 10.8. The van der Waals surface area contributed by atoms with E-state index in [4.69, 9.17) is 10.5 Å². The molecule has 0 atom stereocenters. The first-order valence-electron chi connectivity index (χ1n) is 6.92. The summed E-state index contributed by atoms with van der Waals surface area (Å²) in [6.45, 7) is 0. The van der Waals surface area contributed by atoms with Crippen LogP contribution in [0, 0.1) is 22.7 Å². The Labute approximate surface area is 129 Å². The van der Waals surface area contributed by atoms with Crippen LogP contribution in [0.1, 0.15) is 11.1 Å². The molecule has 0 spiro atoms. The molecule has 3 aromatic rings. The van der Waals surface area contributed by atoms with E-state index in [1.54, 1.807) is 12.1 Å². The molecule has 0 N–H and O–H groups in total. The zero-order valence-electron chi connectivity index (χ0n) is 11.8. The van der Waals surface area contributed by atoms with E-state index >= 15 is 0 Å². The molecule has 22 heavy (non-hydrogen) atoms. The van der Waals surface area contributed by atoms with Gasteiger partial charge in [0.15, 0.2) is 0 Å². The molecule has 3 aromatic carbocycles. The molecule has 0 aliphatic carbocycles. The van der Waals surface area contributed by atoms with Crippen molar-refractivity contribution < 1.29 is 0 Å². The van der Waals surface area contributed by atoms with E-state index in [9.17, 15) is 0 Å². The Morgan fingerprint density at radius 2 is 1.14 bits per heavy atom. The molecule has 0 saturated carbocycles. The summed E-state index contributed by atoms with van der Waals surface area (Å²) in [4.78, 5) is 0. The highest BCUT2D eigenvalue weighted by atomic mass is 14.2. The highest BCUT2D eigenvalue weighted by molar-refractivity contribution is 5.84. The van der Waals surface area contributed by atoms with E-state index in [1.165, 1.54) is 0 Å². The minimum absolute atomic E-state index is 0.624. The van der Waals surface area contributed by atoms with E-state index in [2.05, 4.69) is 24.3 Å². The molecule has 0 bridgehead atoms. The fraction of sp³-hybridized carbons (Fsp3) is 0.